The van der Waals surface area contributed by atoms with E-state index in [0.29, 0.717) is 17.9 Å². The van der Waals surface area contributed by atoms with Gasteiger partial charge in [-0.25, -0.2) is 8.78 Å². The van der Waals surface area contributed by atoms with Gasteiger partial charge >= 0.3 is 0 Å². The minimum absolute atomic E-state index is 0.144. The fourth-order valence-corrected chi connectivity index (χ4v) is 1.74. The molecule has 0 atom stereocenters. The number of benzene rings is 2. The summed E-state index contributed by atoms with van der Waals surface area (Å²) >= 11 is 0. The van der Waals surface area contributed by atoms with Crippen molar-refractivity contribution in [3.8, 4) is 16.9 Å². The van der Waals surface area contributed by atoms with E-state index in [9.17, 15) is 8.78 Å². The average molecular weight is 249 g/mol. The first-order valence-corrected chi connectivity index (χ1v) is 5.60. The summed E-state index contributed by atoms with van der Waals surface area (Å²) in [5.74, 6) is -1.47. The number of ether oxygens (including phenoxy) is 1. The third-order valence-corrected chi connectivity index (χ3v) is 2.59. The van der Waals surface area contributed by atoms with E-state index in [2.05, 4.69) is 0 Å². The molecule has 0 unspecified atom stereocenters. The van der Waals surface area contributed by atoms with E-state index in [4.69, 9.17) is 10.5 Å². The lowest BCUT2D eigenvalue weighted by Crippen LogP contribution is -1.99. The van der Waals surface area contributed by atoms with Crippen molar-refractivity contribution < 1.29 is 13.5 Å². The van der Waals surface area contributed by atoms with Crippen molar-refractivity contribution in [2.24, 2.45) is 0 Å². The number of rotatable bonds is 3. The second kappa shape index (κ2) is 5.04. The van der Waals surface area contributed by atoms with Gasteiger partial charge in [-0.05, 0) is 25.1 Å². The quantitative estimate of drug-likeness (QED) is 0.843. The molecule has 2 rings (SSSR count). The zero-order valence-electron chi connectivity index (χ0n) is 9.91. The van der Waals surface area contributed by atoms with Gasteiger partial charge in [0.2, 0.25) is 0 Å². The molecule has 0 aliphatic carbocycles. The molecule has 0 saturated carbocycles. The van der Waals surface area contributed by atoms with Crippen LogP contribution in [0.1, 0.15) is 6.92 Å². The minimum atomic E-state index is -1.03. The largest absolute Gasteiger partial charge is 0.493 e. The van der Waals surface area contributed by atoms with Gasteiger partial charge in [-0.15, -0.1) is 0 Å². The number of anilines is 1. The third kappa shape index (κ3) is 2.14. The molecule has 0 aliphatic heterocycles. The minimum Gasteiger partial charge on any atom is -0.493 e. The fourth-order valence-electron chi connectivity index (χ4n) is 1.74. The van der Waals surface area contributed by atoms with E-state index in [0.717, 1.165) is 0 Å². The molecule has 2 nitrogen and oxygen atoms in total. The highest BCUT2D eigenvalue weighted by molar-refractivity contribution is 5.72. The summed E-state index contributed by atoms with van der Waals surface area (Å²) in [6.45, 7) is 2.28. The van der Waals surface area contributed by atoms with Crippen LogP contribution in [0.2, 0.25) is 0 Å². The smallest absolute Gasteiger partial charge is 0.182 e. The molecule has 0 spiro atoms. The van der Waals surface area contributed by atoms with Crippen LogP contribution in [0, 0.1) is 11.6 Å². The van der Waals surface area contributed by atoms with Crippen molar-refractivity contribution in [3.05, 3.63) is 48.0 Å². The van der Waals surface area contributed by atoms with Crippen molar-refractivity contribution in [1.82, 2.24) is 0 Å². The lowest BCUT2D eigenvalue weighted by atomic mass is 10.0. The molecule has 2 N–H and O–H groups in total. The fraction of sp³-hybridized carbons (Fsp3) is 0.143. The SMILES string of the molecule is CCOc1ccccc1-c1ccc(N)c(F)c1F. The maximum Gasteiger partial charge on any atom is 0.182 e. The van der Waals surface area contributed by atoms with E-state index in [1.54, 1.807) is 24.3 Å². The Hall–Kier alpha value is -2.10. The summed E-state index contributed by atoms with van der Waals surface area (Å²) < 4.78 is 32.7. The van der Waals surface area contributed by atoms with Gasteiger partial charge in [0.15, 0.2) is 11.6 Å². The first-order valence-electron chi connectivity index (χ1n) is 5.60. The van der Waals surface area contributed by atoms with E-state index in [1.165, 1.54) is 12.1 Å². The second-order valence-electron chi connectivity index (χ2n) is 3.76. The van der Waals surface area contributed by atoms with Gasteiger partial charge < -0.3 is 10.5 Å². The second-order valence-corrected chi connectivity index (χ2v) is 3.76. The van der Waals surface area contributed by atoms with Crippen LogP contribution >= 0.6 is 0 Å². The Morgan fingerprint density at radius 3 is 2.44 bits per heavy atom. The first-order chi connectivity index (χ1) is 8.65. The Morgan fingerprint density at radius 1 is 1.00 bits per heavy atom. The topological polar surface area (TPSA) is 35.2 Å². The summed E-state index contributed by atoms with van der Waals surface area (Å²) in [6, 6.07) is 9.71. The highest BCUT2D eigenvalue weighted by atomic mass is 19.2. The monoisotopic (exact) mass is 249 g/mol. The summed E-state index contributed by atoms with van der Waals surface area (Å²) in [5.41, 5.74) is 5.77. The van der Waals surface area contributed by atoms with Crippen molar-refractivity contribution in [1.29, 1.82) is 0 Å². The van der Waals surface area contributed by atoms with Gasteiger partial charge in [0.1, 0.15) is 5.75 Å². The zero-order valence-corrected chi connectivity index (χ0v) is 9.91. The van der Waals surface area contributed by atoms with Gasteiger partial charge in [0.05, 0.1) is 12.3 Å². The molecule has 0 radical (unpaired) electrons. The number of nitrogen functional groups attached to an aromatic ring is 1. The molecule has 0 aliphatic rings. The predicted molar refractivity (Wildman–Crippen MR) is 67.4 cm³/mol. The van der Waals surface area contributed by atoms with Crippen LogP contribution in [0.3, 0.4) is 0 Å². The Kier molecular flexibility index (Phi) is 3.46. The molecule has 0 fully saturated rings. The van der Waals surface area contributed by atoms with Crippen LogP contribution in [-0.2, 0) is 0 Å². The molecule has 2 aromatic carbocycles. The molecule has 0 aromatic heterocycles. The van der Waals surface area contributed by atoms with Gasteiger partial charge in [-0.1, -0.05) is 18.2 Å². The molecule has 0 amide bonds. The molecule has 94 valence electrons. The third-order valence-electron chi connectivity index (χ3n) is 2.59. The van der Waals surface area contributed by atoms with E-state index in [-0.39, 0.29) is 11.3 Å². The van der Waals surface area contributed by atoms with E-state index >= 15 is 0 Å². The highest BCUT2D eigenvalue weighted by Gasteiger charge is 2.15. The standard InChI is InChI=1S/C14H13F2NO/c1-2-18-12-6-4-3-5-9(12)10-7-8-11(17)14(16)13(10)15/h3-8H,2,17H2,1H3. The van der Waals surface area contributed by atoms with Crippen molar-refractivity contribution in [2.45, 2.75) is 6.92 Å². The summed E-state index contributed by atoms with van der Waals surface area (Å²) in [7, 11) is 0. The predicted octanol–water partition coefficient (Wildman–Crippen LogP) is 3.61. The molecular weight excluding hydrogens is 236 g/mol. The van der Waals surface area contributed by atoms with Crippen LogP contribution in [-0.4, -0.2) is 6.61 Å². The molecule has 0 bridgehead atoms. The van der Waals surface area contributed by atoms with Gasteiger partial charge in [-0.3, -0.25) is 0 Å². The maximum atomic E-state index is 13.9. The highest BCUT2D eigenvalue weighted by Crippen LogP contribution is 2.33. The number of halogens is 2. The first kappa shape index (κ1) is 12.4. The van der Waals surface area contributed by atoms with Crippen molar-refractivity contribution in [3.63, 3.8) is 0 Å². The summed E-state index contributed by atoms with van der Waals surface area (Å²) in [4.78, 5) is 0. The Bertz CT molecular complexity index is 570. The lowest BCUT2D eigenvalue weighted by molar-refractivity contribution is 0.341. The van der Waals surface area contributed by atoms with Crippen molar-refractivity contribution >= 4 is 5.69 Å². The van der Waals surface area contributed by atoms with E-state index < -0.39 is 11.6 Å². The van der Waals surface area contributed by atoms with E-state index in [1.807, 2.05) is 6.92 Å². The molecular formula is C14H13F2NO. The molecule has 2 aromatic rings. The maximum absolute atomic E-state index is 13.9. The van der Waals surface area contributed by atoms with Crippen LogP contribution in [0.5, 0.6) is 5.75 Å². The summed E-state index contributed by atoms with van der Waals surface area (Å²) in [5, 5.41) is 0. The van der Waals surface area contributed by atoms with Gasteiger partial charge in [0.25, 0.3) is 0 Å². The molecule has 0 heterocycles. The van der Waals surface area contributed by atoms with Crippen molar-refractivity contribution in [2.75, 3.05) is 12.3 Å². The van der Waals surface area contributed by atoms with Gasteiger partial charge in [0, 0.05) is 11.1 Å². The van der Waals surface area contributed by atoms with Crippen LogP contribution in [0.25, 0.3) is 11.1 Å². The number of hydrogen-bond donors (Lipinski definition) is 1. The Balaban J connectivity index is 2.59. The Labute approximate surface area is 104 Å². The van der Waals surface area contributed by atoms with Gasteiger partial charge in [-0.2, -0.15) is 0 Å². The number of para-hydroxylation sites is 1. The number of hydrogen-bond acceptors (Lipinski definition) is 2. The zero-order chi connectivity index (χ0) is 13.1. The Morgan fingerprint density at radius 2 is 1.72 bits per heavy atom. The normalized spacial score (nSPS) is 10.4. The lowest BCUT2D eigenvalue weighted by Gasteiger charge is -2.11. The van der Waals surface area contributed by atoms with Crippen LogP contribution in [0.4, 0.5) is 14.5 Å². The molecule has 0 saturated heterocycles. The molecule has 4 heteroatoms. The average Bonchev–Trinajstić information content (AvgIpc) is 2.38. The molecule has 18 heavy (non-hydrogen) atoms. The van der Waals surface area contributed by atoms with Crippen LogP contribution < -0.4 is 10.5 Å². The number of nitrogens with two attached hydrogens (primary N) is 1. The van der Waals surface area contributed by atoms with Crippen LogP contribution in [0.15, 0.2) is 36.4 Å². The summed E-state index contributed by atoms with van der Waals surface area (Å²) in [6.07, 6.45) is 0.